The fraction of sp³-hybridized carbons (Fsp3) is 0.538. The molecule has 0 N–H and O–H groups in total. The number of hydrogen-bond acceptors (Lipinski definition) is 4. The van der Waals surface area contributed by atoms with Crippen molar-refractivity contribution in [2.45, 2.75) is 20.3 Å². The highest BCUT2D eigenvalue weighted by atomic mass is 32.2. The Kier molecular flexibility index (Phi) is 5.47. The van der Waals surface area contributed by atoms with E-state index < -0.39 is 0 Å². The first-order valence-corrected chi connectivity index (χ1v) is 6.93. The summed E-state index contributed by atoms with van der Waals surface area (Å²) in [6.07, 6.45) is 0.348. The minimum absolute atomic E-state index is 0.117. The molecule has 0 spiro atoms. The largest absolute Gasteiger partial charge is 0.469 e. The molecule has 1 heterocycles. The van der Waals surface area contributed by atoms with E-state index in [1.165, 1.54) is 18.9 Å². The third kappa shape index (κ3) is 3.63. The molecule has 0 bridgehead atoms. The number of nitrogens with zero attached hydrogens (tertiary/aromatic N) is 1. The summed E-state index contributed by atoms with van der Waals surface area (Å²) >= 11 is 1.46. The van der Waals surface area contributed by atoms with Crippen LogP contribution >= 0.6 is 11.8 Å². The number of methoxy groups -OCH3 is 1. The number of esters is 1. The van der Waals surface area contributed by atoms with Crippen LogP contribution in [0.1, 0.15) is 28.2 Å². The van der Waals surface area contributed by atoms with Crippen LogP contribution in [0.5, 0.6) is 0 Å². The van der Waals surface area contributed by atoms with E-state index >= 15 is 0 Å². The van der Waals surface area contributed by atoms with Crippen molar-refractivity contribution in [3.8, 4) is 0 Å². The van der Waals surface area contributed by atoms with E-state index in [1.807, 2.05) is 31.5 Å². The molecule has 0 unspecified atom stereocenters. The Morgan fingerprint density at radius 3 is 2.56 bits per heavy atom. The lowest BCUT2D eigenvalue weighted by atomic mass is 10.2. The van der Waals surface area contributed by atoms with E-state index in [-0.39, 0.29) is 11.8 Å². The van der Waals surface area contributed by atoms with Crippen LogP contribution in [0, 0.1) is 13.8 Å². The van der Waals surface area contributed by atoms with E-state index in [1.54, 1.807) is 0 Å². The van der Waals surface area contributed by atoms with Crippen molar-refractivity contribution in [3.05, 3.63) is 23.0 Å². The number of ketones is 1. The number of aromatic nitrogens is 1. The van der Waals surface area contributed by atoms with E-state index in [9.17, 15) is 9.59 Å². The lowest BCUT2D eigenvalue weighted by Gasteiger charge is -2.02. The fourth-order valence-corrected chi connectivity index (χ4v) is 2.43. The van der Waals surface area contributed by atoms with Crippen LogP contribution in [-0.2, 0) is 16.6 Å². The fourth-order valence-electron chi connectivity index (χ4n) is 1.64. The van der Waals surface area contributed by atoms with Crippen LogP contribution in [0.15, 0.2) is 6.07 Å². The Morgan fingerprint density at radius 2 is 2.06 bits per heavy atom. The van der Waals surface area contributed by atoms with Crippen LogP contribution in [0.25, 0.3) is 0 Å². The van der Waals surface area contributed by atoms with Gasteiger partial charge in [0.2, 0.25) is 0 Å². The van der Waals surface area contributed by atoms with Crippen molar-refractivity contribution in [2.24, 2.45) is 7.05 Å². The molecule has 0 fully saturated rings. The number of carbonyl (C=O) groups is 2. The minimum atomic E-state index is -0.235. The molecule has 100 valence electrons. The molecule has 1 aromatic rings. The molecule has 18 heavy (non-hydrogen) atoms. The van der Waals surface area contributed by atoms with Crippen LogP contribution in [0.4, 0.5) is 0 Å². The molecule has 0 atom stereocenters. The lowest BCUT2D eigenvalue weighted by Crippen LogP contribution is -2.07. The number of rotatable bonds is 6. The summed E-state index contributed by atoms with van der Waals surface area (Å²) in [6, 6.07) is 1.92. The Hall–Kier alpha value is -1.23. The average molecular weight is 269 g/mol. The summed E-state index contributed by atoms with van der Waals surface area (Å²) in [7, 11) is 3.32. The van der Waals surface area contributed by atoms with Crippen LogP contribution in [-0.4, -0.2) is 34.9 Å². The van der Waals surface area contributed by atoms with Gasteiger partial charge in [-0.05, 0) is 19.9 Å². The predicted octanol–water partition coefficient (Wildman–Crippen LogP) is 2.12. The first-order chi connectivity index (χ1) is 8.47. The average Bonchev–Trinajstić information content (AvgIpc) is 2.61. The number of ether oxygens (including phenoxy) is 1. The van der Waals surface area contributed by atoms with Crippen LogP contribution < -0.4 is 0 Å². The molecule has 0 saturated heterocycles. The van der Waals surface area contributed by atoms with Gasteiger partial charge in [-0.2, -0.15) is 11.8 Å². The highest BCUT2D eigenvalue weighted by Gasteiger charge is 2.13. The molecule has 0 aliphatic heterocycles. The summed E-state index contributed by atoms with van der Waals surface area (Å²) in [6.45, 7) is 3.92. The third-order valence-electron chi connectivity index (χ3n) is 2.99. The number of carbonyl (C=O) groups excluding carboxylic acids is 2. The Morgan fingerprint density at radius 1 is 1.39 bits per heavy atom. The summed E-state index contributed by atoms with van der Waals surface area (Å²) in [4.78, 5) is 22.9. The van der Waals surface area contributed by atoms with Gasteiger partial charge in [-0.1, -0.05) is 0 Å². The normalized spacial score (nSPS) is 10.4. The monoisotopic (exact) mass is 269 g/mol. The topological polar surface area (TPSA) is 48.3 Å². The van der Waals surface area contributed by atoms with E-state index in [4.69, 9.17) is 0 Å². The van der Waals surface area contributed by atoms with E-state index in [2.05, 4.69) is 4.74 Å². The quantitative estimate of drug-likeness (QED) is 0.451. The molecule has 0 radical (unpaired) electrons. The lowest BCUT2D eigenvalue weighted by molar-refractivity contribution is -0.140. The molecule has 0 amide bonds. The first kappa shape index (κ1) is 14.8. The van der Waals surface area contributed by atoms with Crippen LogP contribution in [0.3, 0.4) is 0 Å². The maximum Gasteiger partial charge on any atom is 0.306 e. The number of Topliss-reactive ketones (excluding diaryl/α,β-unsaturated/α-hetero) is 1. The van der Waals surface area contributed by atoms with Gasteiger partial charge in [0.05, 0.1) is 19.3 Å². The molecule has 0 aliphatic rings. The number of aryl methyl sites for hydroxylation is 1. The standard InChI is InChI=1S/C13H19NO3S/c1-9-7-11(10(2)14(9)3)12(15)8-18-6-5-13(16)17-4/h7H,5-6,8H2,1-4H3. The molecule has 1 rings (SSSR count). The van der Waals surface area contributed by atoms with Crippen molar-refractivity contribution in [3.63, 3.8) is 0 Å². The first-order valence-electron chi connectivity index (χ1n) is 5.78. The van der Waals surface area contributed by atoms with Gasteiger partial charge in [0, 0.05) is 29.8 Å². The summed E-state index contributed by atoms with van der Waals surface area (Å²) in [5.74, 6) is 0.901. The maximum atomic E-state index is 12.0. The molecular weight excluding hydrogens is 250 g/mol. The third-order valence-corrected chi connectivity index (χ3v) is 3.95. The molecular formula is C13H19NO3S. The zero-order valence-corrected chi connectivity index (χ0v) is 12.1. The van der Waals surface area contributed by atoms with Crippen molar-refractivity contribution in [2.75, 3.05) is 18.6 Å². The highest BCUT2D eigenvalue weighted by molar-refractivity contribution is 8.00. The van der Waals surface area contributed by atoms with E-state index in [0.717, 1.165) is 17.0 Å². The summed E-state index contributed by atoms with van der Waals surface area (Å²) in [5.41, 5.74) is 2.85. The summed E-state index contributed by atoms with van der Waals surface area (Å²) in [5, 5.41) is 0. The number of thioether (sulfide) groups is 1. The van der Waals surface area contributed by atoms with Crippen molar-refractivity contribution in [1.29, 1.82) is 0 Å². The second kappa shape index (κ2) is 6.64. The Labute approximate surface area is 112 Å². The Bertz CT molecular complexity index is 451. The van der Waals surface area contributed by atoms with Gasteiger partial charge in [-0.25, -0.2) is 0 Å². The van der Waals surface area contributed by atoms with Gasteiger partial charge in [-0.15, -0.1) is 0 Å². The molecule has 0 saturated carbocycles. The molecule has 0 aromatic carbocycles. The summed E-state index contributed by atoms with van der Waals surface area (Å²) < 4.78 is 6.55. The van der Waals surface area contributed by atoms with Crippen molar-refractivity contribution >= 4 is 23.5 Å². The number of hydrogen-bond donors (Lipinski definition) is 0. The molecule has 0 aliphatic carbocycles. The molecule has 5 heteroatoms. The zero-order valence-electron chi connectivity index (χ0n) is 11.3. The van der Waals surface area contributed by atoms with Crippen molar-refractivity contribution < 1.29 is 14.3 Å². The second-order valence-corrected chi connectivity index (χ2v) is 5.25. The Balaban J connectivity index is 2.46. The van der Waals surface area contributed by atoms with Crippen LogP contribution in [0.2, 0.25) is 0 Å². The second-order valence-electron chi connectivity index (χ2n) is 4.15. The van der Waals surface area contributed by atoms with Crippen molar-refractivity contribution in [1.82, 2.24) is 4.57 Å². The van der Waals surface area contributed by atoms with Gasteiger partial charge in [-0.3, -0.25) is 9.59 Å². The smallest absolute Gasteiger partial charge is 0.306 e. The molecule has 4 nitrogen and oxygen atoms in total. The predicted molar refractivity (Wildman–Crippen MR) is 73.2 cm³/mol. The highest BCUT2D eigenvalue weighted by Crippen LogP contribution is 2.16. The van der Waals surface area contributed by atoms with Gasteiger partial charge in [0.25, 0.3) is 0 Å². The van der Waals surface area contributed by atoms with Gasteiger partial charge in [0.15, 0.2) is 5.78 Å². The van der Waals surface area contributed by atoms with Gasteiger partial charge >= 0.3 is 5.97 Å². The van der Waals surface area contributed by atoms with Gasteiger partial charge < -0.3 is 9.30 Å². The van der Waals surface area contributed by atoms with Gasteiger partial charge in [0.1, 0.15) is 0 Å². The van der Waals surface area contributed by atoms with E-state index in [0.29, 0.717) is 17.9 Å². The minimum Gasteiger partial charge on any atom is -0.469 e. The molecule has 1 aromatic heterocycles. The maximum absolute atomic E-state index is 12.0. The zero-order chi connectivity index (χ0) is 13.7. The SMILES string of the molecule is COC(=O)CCSCC(=O)c1cc(C)n(C)c1C.